The van der Waals surface area contributed by atoms with E-state index in [1.807, 2.05) is 0 Å². The van der Waals surface area contributed by atoms with Gasteiger partial charge in [0.15, 0.2) is 24.6 Å². The number of rotatable bonds is 4. The van der Waals surface area contributed by atoms with Crippen molar-refractivity contribution >= 4 is 17.9 Å². The highest BCUT2D eigenvalue weighted by Gasteiger charge is 2.55. The second kappa shape index (κ2) is 8.60. The van der Waals surface area contributed by atoms with Gasteiger partial charge in [0.2, 0.25) is 0 Å². The summed E-state index contributed by atoms with van der Waals surface area (Å²) in [5.41, 5.74) is 0. The van der Waals surface area contributed by atoms with Crippen molar-refractivity contribution in [3.63, 3.8) is 0 Å². The van der Waals surface area contributed by atoms with Gasteiger partial charge in [0.1, 0.15) is 0 Å². The highest BCUT2D eigenvalue weighted by molar-refractivity contribution is 5.77. The van der Waals surface area contributed by atoms with E-state index in [-0.39, 0.29) is 0 Å². The summed E-state index contributed by atoms with van der Waals surface area (Å²) in [6, 6.07) is 0. The average molecular weight is 452 g/mol. The van der Waals surface area contributed by atoms with Crippen LogP contribution in [0.4, 0.5) is 39.5 Å². The summed E-state index contributed by atoms with van der Waals surface area (Å²) in [7, 11) is 0.712. The third kappa shape index (κ3) is 6.62. The molecule has 0 bridgehead atoms. The van der Waals surface area contributed by atoms with Crippen LogP contribution in [0.2, 0.25) is 0 Å². The van der Waals surface area contributed by atoms with Crippen molar-refractivity contribution in [1.82, 2.24) is 0 Å². The minimum atomic E-state index is -5.75. The van der Waals surface area contributed by atoms with E-state index in [0.29, 0.717) is 7.11 Å². The topological polar surface area (TPSA) is 97.4 Å². The maximum absolute atomic E-state index is 12.4. The summed E-state index contributed by atoms with van der Waals surface area (Å²) in [5.74, 6) is -9.10. The summed E-state index contributed by atoms with van der Waals surface area (Å²) >= 11 is 0. The van der Waals surface area contributed by atoms with E-state index in [1.165, 1.54) is 0 Å². The Balaban J connectivity index is 3.25. The van der Waals surface area contributed by atoms with Crippen molar-refractivity contribution in [1.29, 1.82) is 0 Å². The Hall–Kier alpha value is -2.30. The highest BCUT2D eigenvalue weighted by atomic mass is 19.4. The number of carbonyl (C=O) groups excluding carboxylic acids is 3. The number of alkyl halides is 9. The second-order valence-corrected chi connectivity index (χ2v) is 5.11. The van der Waals surface area contributed by atoms with Gasteiger partial charge >= 0.3 is 36.4 Å². The fourth-order valence-corrected chi connectivity index (χ4v) is 1.90. The van der Waals surface area contributed by atoms with Gasteiger partial charge in [0.05, 0.1) is 6.61 Å². The normalized spacial score (nSPS) is 25.9. The molecule has 17 heteroatoms. The van der Waals surface area contributed by atoms with Gasteiger partial charge < -0.3 is 23.7 Å². The van der Waals surface area contributed by atoms with E-state index < -0.39 is 67.6 Å². The fraction of sp³-hybridized carbons (Fsp3) is 0.750. The van der Waals surface area contributed by atoms with Crippen molar-refractivity contribution in [2.45, 2.75) is 43.1 Å². The first kappa shape index (κ1) is 24.7. The molecule has 0 aromatic heterocycles. The monoisotopic (exact) mass is 452 g/mol. The van der Waals surface area contributed by atoms with Gasteiger partial charge in [0, 0.05) is 7.11 Å². The Bertz CT molecular complexity index is 626. The predicted octanol–water partition coefficient (Wildman–Crippen LogP) is 1.41. The zero-order valence-corrected chi connectivity index (χ0v) is 13.7. The number of halogens is 9. The Morgan fingerprint density at radius 1 is 0.724 bits per heavy atom. The first-order chi connectivity index (χ1) is 13.0. The van der Waals surface area contributed by atoms with Crippen molar-refractivity contribution in [3.8, 4) is 0 Å². The van der Waals surface area contributed by atoms with Crippen molar-refractivity contribution in [3.05, 3.63) is 0 Å². The van der Waals surface area contributed by atoms with E-state index in [0.717, 1.165) is 0 Å². The number of carbonyl (C=O) groups is 3. The van der Waals surface area contributed by atoms with Crippen LogP contribution < -0.4 is 0 Å². The molecule has 1 aliphatic rings. The molecule has 1 saturated heterocycles. The lowest BCUT2D eigenvalue weighted by Gasteiger charge is -2.40. The van der Waals surface area contributed by atoms with Gasteiger partial charge in [-0.2, -0.15) is 39.5 Å². The number of ether oxygens (including phenoxy) is 5. The van der Waals surface area contributed by atoms with E-state index in [4.69, 9.17) is 0 Å². The molecule has 1 fully saturated rings. The molecule has 1 rings (SSSR count). The molecule has 4 atom stereocenters. The Labute approximate surface area is 153 Å². The molecular weight excluding hydrogens is 443 g/mol. The van der Waals surface area contributed by atoms with Crippen LogP contribution in [-0.4, -0.2) is 74.8 Å². The molecule has 0 aromatic carbocycles. The van der Waals surface area contributed by atoms with E-state index >= 15 is 0 Å². The molecule has 0 radical (unpaired) electrons. The van der Waals surface area contributed by atoms with Gasteiger partial charge in [-0.1, -0.05) is 0 Å². The van der Waals surface area contributed by atoms with Gasteiger partial charge in [-0.05, 0) is 0 Å². The largest absolute Gasteiger partial charge is 0.490 e. The third-order valence-corrected chi connectivity index (χ3v) is 3.05. The number of methoxy groups -OCH3 is 1. The van der Waals surface area contributed by atoms with Crippen LogP contribution in [0.1, 0.15) is 0 Å². The lowest BCUT2D eigenvalue weighted by atomic mass is 10.0. The van der Waals surface area contributed by atoms with Crippen LogP contribution in [-0.2, 0) is 38.1 Å². The predicted molar refractivity (Wildman–Crippen MR) is 64.6 cm³/mol. The maximum atomic E-state index is 12.4. The minimum Gasteiger partial charge on any atom is -0.449 e. The molecule has 4 unspecified atom stereocenters. The first-order valence-corrected chi connectivity index (χ1v) is 6.96. The number of hydrogen-bond donors (Lipinski definition) is 0. The molecule has 168 valence electrons. The van der Waals surface area contributed by atoms with Crippen LogP contribution in [0.15, 0.2) is 0 Å². The zero-order valence-electron chi connectivity index (χ0n) is 13.7. The second-order valence-electron chi connectivity index (χ2n) is 5.11. The molecule has 1 heterocycles. The Morgan fingerprint density at radius 2 is 1.10 bits per heavy atom. The zero-order chi connectivity index (χ0) is 22.8. The minimum absolute atomic E-state index is 0.712. The van der Waals surface area contributed by atoms with Gasteiger partial charge in [-0.15, -0.1) is 0 Å². The molecule has 8 nitrogen and oxygen atoms in total. The van der Waals surface area contributed by atoms with Crippen molar-refractivity contribution in [2.24, 2.45) is 0 Å². The first-order valence-electron chi connectivity index (χ1n) is 6.96. The van der Waals surface area contributed by atoms with Crippen LogP contribution in [0.5, 0.6) is 0 Å². The Kier molecular flexibility index (Phi) is 7.34. The molecule has 0 amide bonds. The van der Waals surface area contributed by atoms with E-state index in [1.54, 1.807) is 0 Å². The number of hydrogen-bond acceptors (Lipinski definition) is 8. The van der Waals surface area contributed by atoms with Crippen LogP contribution in [0.25, 0.3) is 0 Å². The average Bonchev–Trinajstić information content (AvgIpc) is 2.54. The molecule has 0 aliphatic carbocycles. The number of esters is 3. The van der Waals surface area contributed by atoms with Crippen molar-refractivity contribution in [2.75, 3.05) is 13.7 Å². The summed E-state index contributed by atoms with van der Waals surface area (Å²) in [5, 5.41) is 0. The molecule has 1 aliphatic heterocycles. The summed E-state index contributed by atoms with van der Waals surface area (Å²) < 4.78 is 132. The summed E-state index contributed by atoms with van der Waals surface area (Å²) in [4.78, 5) is 32.9. The molecule has 0 N–H and O–H groups in total. The third-order valence-electron chi connectivity index (χ3n) is 3.05. The highest BCUT2D eigenvalue weighted by Crippen LogP contribution is 2.30. The van der Waals surface area contributed by atoms with E-state index in [9.17, 15) is 53.9 Å². The smallest absolute Gasteiger partial charge is 0.449 e. The van der Waals surface area contributed by atoms with Crippen LogP contribution >= 0.6 is 0 Å². The summed E-state index contributed by atoms with van der Waals surface area (Å²) in [6.07, 6.45) is -27.2. The molecular formula is C12H9F9O8. The molecule has 0 saturated carbocycles. The quantitative estimate of drug-likeness (QED) is 0.359. The van der Waals surface area contributed by atoms with Gasteiger partial charge in [-0.25, -0.2) is 14.4 Å². The molecule has 0 spiro atoms. The molecule has 29 heavy (non-hydrogen) atoms. The lowest BCUT2D eigenvalue weighted by molar-refractivity contribution is -0.294. The SMILES string of the molecule is COC1OCC(OC(=O)C(F)(F)F)C(OC(=O)C(F)(F)F)C1OC(=O)C(F)(F)F. The van der Waals surface area contributed by atoms with Crippen LogP contribution in [0.3, 0.4) is 0 Å². The van der Waals surface area contributed by atoms with Gasteiger partial charge in [0.25, 0.3) is 0 Å². The van der Waals surface area contributed by atoms with Crippen molar-refractivity contribution < 1.29 is 77.6 Å². The van der Waals surface area contributed by atoms with Gasteiger partial charge in [-0.3, -0.25) is 0 Å². The standard InChI is InChI=1S/C12H9F9O8/c1-25-6-5(29-9(24)12(19,20)21)4(28-8(23)11(16,17)18)3(2-26-6)27-7(22)10(13,14)15/h3-6H,2H2,1H3. The fourth-order valence-electron chi connectivity index (χ4n) is 1.90. The van der Waals surface area contributed by atoms with E-state index in [2.05, 4.69) is 23.7 Å². The molecule has 0 aromatic rings. The Morgan fingerprint density at radius 3 is 1.48 bits per heavy atom. The van der Waals surface area contributed by atoms with Crippen LogP contribution in [0, 0.1) is 0 Å². The summed E-state index contributed by atoms with van der Waals surface area (Å²) in [6.45, 7) is -1.21. The lowest BCUT2D eigenvalue weighted by Crippen LogP contribution is -2.60. The maximum Gasteiger partial charge on any atom is 0.490 e.